The molecule has 84 valence electrons. The third-order valence-electron chi connectivity index (χ3n) is 5.20. The normalized spacial score (nSPS) is 51.1. The van der Waals surface area contributed by atoms with Crippen molar-refractivity contribution in [2.24, 2.45) is 23.7 Å². The van der Waals surface area contributed by atoms with Crippen LogP contribution in [-0.2, 0) is 9.53 Å². The van der Waals surface area contributed by atoms with E-state index in [1.807, 2.05) is 0 Å². The molecule has 0 spiro atoms. The molecule has 0 radical (unpaired) electrons. The van der Waals surface area contributed by atoms with E-state index in [0.29, 0.717) is 11.8 Å². The monoisotopic (exact) mass is 208 g/mol. The predicted octanol–water partition coefficient (Wildman–Crippen LogP) is 2.76. The van der Waals surface area contributed by atoms with Gasteiger partial charge in [0.1, 0.15) is 5.60 Å². The summed E-state index contributed by atoms with van der Waals surface area (Å²) in [6.45, 7) is 3.76. The molecule has 5 atom stereocenters. The standard InChI is InChI=1S/C13H20O2/c1-3-13(15-8(2)14)11-5-9-4-10(7-11)12(13)6-9/h9-12H,3-7H2,1-2H3. The lowest BCUT2D eigenvalue weighted by molar-refractivity contribution is -0.172. The molecule has 5 unspecified atom stereocenters. The second kappa shape index (κ2) is 2.99. The molecular formula is C13H20O2. The first-order valence-corrected chi connectivity index (χ1v) is 6.35. The van der Waals surface area contributed by atoms with E-state index in [0.717, 1.165) is 18.3 Å². The Bertz CT molecular complexity index is 295. The van der Waals surface area contributed by atoms with Gasteiger partial charge in [-0.25, -0.2) is 0 Å². The molecule has 4 bridgehead atoms. The molecule has 0 aliphatic heterocycles. The summed E-state index contributed by atoms with van der Waals surface area (Å²) in [5, 5.41) is 0. The highest BCUT2D eigenvalue weighted by molar-refractivity contribution is 5.66. The number of carbonyl (C=O) groups excluding carboxylic acids is 1. The lowest BCUT2D eigenvalue weighted by Crippen LogP contribution is -2.46. The van der Waals surface area contributed by atoms with Crippen molar-refractivity contribution in [2.45, 2.75) is 51.6 Å². The molecule has 4 aliphatic carbocycles. The van der Waals surface area contributed by atoms with Crippen LogP contribution in [0.3, 0.4) is 0 Å². The molecule has 2 nitrogen and oxygen atoms in total. The van der Waals surface area contributed by atoms with E-state index in [2.05, 4.69) is 6.92 Å². The average molecular weight is 208 g/mol. The zero-order chi connectivity index (χ0) is 10.6. The molecule has 15 heavy (non-hydrogen) atoms. The van der Waals surface area contributed by atoms with Gasteiger partial charge >= 0.3 is 5.97 Å². The highest BCUT2D eigenvalue weighted by Crippen LogP contribution is 2.64. The van der Waals surface area contributed by atoms with Gasteiger partial charge in [0.05, 0.1) is 0 Å². The number of hydrogen-bond acceptors (Lipinski definition) is 2. The minimum absolute atomic E-state index is 0.0660. The fourth-order valence-electron chi connectivity index (χ4n) is 4.91. The van der Waals surface area contributed by atoms with Crippen LogP contribution in [0, 0.1) is 23.7 Å². The lowest BCUT2D eigenvalue weighted by atomic mass is 9.71. The molecule has 2 heteroatoms. The lowest BCUT2D eigenvalue weighted by Gasteiger charge is -2.43. The highest BCUT2D eigenvalue weighted by Gasteiger charge is 2.63. The number of ether oxygens (including phenoxy) is 1. The first kappa shape index (κ1) is 9.68. The van der Waals surface area contributed by atoms with E-state index in [1.54, 1.807) is 6.92 Å². The quantitative estimate of drug-likeness (QED) is 0.652. The summed E-state index contributed by atoms with van der Waals surface area (Å²) in [6, 6.07) is 0. The molecule has 0 aromatic rings. The molecule has 4 fully saturated rings. The first-order chi connectivity index (χ1) is 7.15. The maximum atomic E-state index is 11.3. The Kier molecular flexibility index (Phi) is 1.93. The zero-order valence-electron chi connectivity index (χ0n) is 9.66. The molecule has 0 aromatic carbocycles. The second-order valence-electron chi connectivity index (χ2n) is 5.77. The van der Waals surface area contributed by atoms with Gasteiger partial charge in [-0.3, -0.25) is 4.79 Å². The van der Waals surface area contributed by atoms with Crippen molar-refractivity contribution >= 4 is 5.97 Å². The molecule has 4 saturated carbocycles. The van der Waals surface area contributed by atoms with Crippen LogP contribution in [0.4, 0.5) is 0 Å². The Hall–Kier alpha value is -0.530. The average Bonchev–Trinajstić information content (AvgIpc) is 2.58. The van der Waals surface area contributed by atoms with Gasteiger partial charge in [-0.05, 0) is 49.9 Å². The molecular weight excluding hydrogens is 188 g/mol. The second-order valence-corrected chi connectivity index (χ2v) is 5.77. The van der Waals surface area contributed by atoms with Crippen LogP contribution in [0.1, 0.15) is 46.0 Å². The zero-order valence-corrected chi connectivity index (χ0v) is 9.66. The Morgan fingerprint density at radius 3 is 2.73 bits per heavy atom. The Morgan fingerprint density at radius 2 is 2.13 bits per heavy atom. The van der Waals surface area contributed by atoms with Crippen LogP contribution in [-0.4, -0.2) is 11.6 Å². The molecule has 0 saturated heterocycles. The highest BCUT2D eigenvalue weighted by atomic mass is 16.6. The molecule has 0 amide bonds. The maximum Gasteiger partial charge on any atom is 0.303 e. The van der Waals surface area contributed by atoms with Crippen LogP contribution in [0.2, 0.25) is 0 Å². The Labute approximate surface area is 91.4 Å². The fraction of sp³-hybridized carbons (Fsp3) is 0.923. The van der Waals surface area contributed by atoms with Gasteiger partial charge in [-0.2, -0.15) is 0 Å². The molecule has 0 heterocycles. The third-order valence-corrected chi connectivity index (χ3v) is 5.20. The summed E-state index contributed by atoms with van der Waals surface area (Å²) in [5.74, 6) is 3.11. The molecule has 0 N–H and O–H groups in total. The molecule has 0 aromatic heterocycles. The topological polar surface area (TPSA) is 26.3 Å². The smallest absolute Gasteiger partial charge is 0.303 e. The Balaban J connectivity index is 1.93. The van der Waals surface area contributed by atoms with Crippen molar-refractivity contribution in [3.8, 4) is 0 Å². The fourth-order valence-corrected chi connectivity index (χ4v) is 4.91. The third kappa shape index (κ3) is 1.14. The van der Waals surface area contributed by atoms with Crippen LogP contribution in [0.25, 0.3) is 0 Å². The summed E-state index contributed by atoms with van der Waals surface area (Å²) in [4.78, 5) is 11.3. The van der Waals surface area contributed by atoms with E-state index in [9.17, 15) is 4.79 Å². The number of carbonyl (C=O) groups is 1. The van der Waals surface area contributed by atoms with E-state index in [1.165, 1.54) is 25.7 Å². The summed E-state index contributed by atoms with van der Waals surface area (Å²) < 4.78 is 5.77. The van der Waals surface area contributed by atoms with Crippen molar-refractivity contribution in [3.63, 3.8) is 0 Å². The van der Waals surface area contributed by atoms with Crippen LogP contribution < -0.4 is 0 Å². The van der Waals surface area contributed by atoms with Crippen LogP contribution in [0.15, 0.2) is 0 Å². The van der Waals surface area contributed by atoms with E-state index in [4.69, 9.17) is 4.74 Å². The summed E-state index contributed by atoms with van der Waals surface area (Å²) in [7, 11) is 0. The number of esters is 1. The molecule has 4 rings (SSSR count). The predicted molar refractivity (Wildman–Crippen MR) is 57.2 cm³/mol. The van der Waals surface area contributed by atoms with Gasteiger partial charge in [0, 0.05) is 12.8 Å². The largest absolute Gasteiger partial charge is 0.459 e. The number of rotatable bonds is 2. The van der Waals surface area contributed by atoms with Crippen molar-refractivity contribution in [1.82, 2.24) is 0 Å². The first-order valence-electron chi connectivity index (χ1n) is 6.35. The van der Waals surface area contributed by atoms with Gasteiger partial charge in [0.15, 0.2) is 0 Å². The van der Waals surface area contributed by atoms with E-state index in [-0.39, 0.29) is 11.6 Å². The van der Waals surface area contributed by atoms with Gasteiger partial charge in [-0.1, -0.05) is 6.92 Å². The minimum Gasteiger partial charge on any atom is -0.459 e. The van der Waals surface area contributed by atoms with Gasteiger partial charge in [-0.15, -0.1) is 0 Å². The van der Waals surface area contributed by atoms with E-state index >= 15 is 0 Å². The minimum atomic E-state index is -0.0761. The maximum absolute atomic E-state index is 11.3. The van der Waals surface area contributed by atoms with Gasteiger partial charge in [0.2, 0.25) is 0 Å². The summed E-state index contributed by atoms with van der Waals surface area (Å²) in [5.41, 5.74) is -0.0660. The Morgan fingerprint density at radius 1 is 1.33 bits per heavy atom. The summed E-state index contributed by atoms with van der Waals surface area (Å²) in [6.07, 6.45) is 6.38. The van der Waals surface area contributed by atoms with Crippen LogP contribution in [0.5, 0.6) is 0 Å². The van der Waals surface area contributed by atoms with Gasteiger partial charge < -0.3 is 4.74 Å². The summed E-state index contributed by atoms with van der Waals surface area (Å²) >= 11 is 0. The van der Waals surface area contributed by atoms with Crippen molar-refractivity contribution in [2.75, 3.05) is 0 Å². The number of hydrogen-bond donors (Lipinski definition) is 0. The SMILES string of the molecule is CCC1(OC(C)=O)C2CC3CC(C2)C1C3. The van der Waals surface area contributed by atoms with E-state index < -0.39 is 0 Å². The van der Waals surface area contributed by atoms with Crippen molar-refractivity contribution in [3.05, 3.63) is 0 Å². The van der Waals surface area contributed by atoms with Crippen molar-refractivity contribution < 1.29 is 9.53 Å². The van der Waals surface area contributed by atoms with Crippen molar-refractivity contribution in [1.29, 1.82) is 0 Å². The molecule has 4 aliphatic rings. The van der Waals surface area contributed by atoms with Gasteiger partial charge in [0.25, 0.3) is 0 Å². The van der Waals surface area contributed by atoms with Crippen LogP contribution >= 0.6 is 0 Å².